The molecule has 3 saturated carbocycles. The van der Waals surface area contributed by atoms with E-state index in [1.807, 2.05) is 13.8 Å². The van der Waals surface area contributed by atoms with Gasteiger partial charge in [-0.15, -0.1) is 0 Å². The summed E-state index contributed by atoms with van der Waals surface area (Å²) < 4.78 is 54.5. The van der Waals surface area contributed by atoms with Crippen molar-refractivity contribution in [3.63, 3.8) is 0 Å². The number of alkyl halides is 1. The number of rotatable bonds is 5. The summed E-state index contributed by atoms with van der Waals surface area (Å²) in [5, 5.41) is 11.4. The lowest BCUT2D eigenvalue weighted by Crippen LogP contribution is -2.66. The van der Waals surface area contributed by atoms with E-state index in [-0.39, 0.29) is 35.4 Å². The number of ether oxygens (including phenoxy) is 1. The number of aliphatic hydroxyl groups excluding tert-OH is 1. The SMILES string of the molecule is C[C@@H]1C[C@H]2[C@@H]3CCC4=CC(=O)C=C[C@]4(C)[C@@]3(F)[C@@H](O)C[C@]2(C)[C@H]1C(=O)COC(=O)c1cccc(S(=O)(=O)O)c1. The highest BCUT2D eigenvalue weighted by Gasteiger charge is 2.71. The highest BCUT2D eigenvalue weighted by molar-refractivity contribution is 7.85. The molecule has 4 aliphatic rings. The highest BCUT2D eigenvalue weighted by atomic mass is 32.2. The van der Waals surface area contributed by atoms with Crippen LogP contribution in [0.3, 0.4) is 0 Å². The summed E-state index contributed by atoms with van der Waals surface area (Å²) in [5.41, 5.74) is -3.25. The normalized spacial score (nSPS) is 39.3. The zero-order valence-electron chi connectivity index (χ0n) is 22.1. The third-order valence-electron chi connectivity index (χ3n) is 10.0. The largest absolute Gasteiger partial charge is 0.454 e. The van der Waals surface area contributed by atoms with Crippen LogP contribution < -0.4 is 0 Å². The number of carbonyl (C=O) groups excluding carboxylic acids is 3. The van der Waals surface area contributed by atoms with E-state index in [0.717, 1.165) is 12.1 Å². The minimum atomic E-state index is -4.52. The minimum Gasteiger partial charge on any atom is -0.454 e. The van der Waals surface area contributed by atoms with Crippen LogP contribution in [0.25, 0.3) is 0 Å². The second-order valence-corrected chi connectivity index (χ2v) is 13.5. The molecule has 3 fully saturated rings. The van der Waals surface area contributed by atoms with Crippen LogP contribution >= 0.6 is 0 Å². The summed E-state index contributed by atoms with van der Waals surface area (Å²) in [6.07, 6.45) is 4.73. The summed E-state index contributed by atoms with van der Waals surface area (Å²) in [6, 6.07) is 4.69. The first-order valence-electron chi connectivity index (χ1n) is 13.2. The van der Waals surface area contributed by atoms with Crippen LogP contribution in [0.15, 0.2) is 53.0 Å². The number of hydrogen-bond acceptors (Lipinski definition) is 7. The summed E-state index contributed by atoms with van der Waals surface area (Å²) in [4.78, 5) is 37.6. The van der Waals surface area contributed by atoms with Gasteiger partial charge in [-0.1, -0.05) is 31.6 Å². The zero-order chi connectivity index (χ0) is 28.5. The number of aliphatic hydroxyl groups is 1. The predicted molar refractivity (Wildman–Crippen MR) is 138 cm³/mol. The Labute approximate surface area is 227 Å². The van der Waals surface area contributed by atoms with Crippen molar-refractivity contribution in [1.82, 2.24) is 0 Å². The highest BCUT2D eigenvalue weighted by Crippen LogP contribution is 2.69. The molecule has 4 aliphatic carbocycles. The number of ketones is 2. The summed E-state index contributed by atoms with van der Waals surface area (Å²) in [7, 11) is -4.52. The van der Waals surface area contributed by atoms with E-state index in [2.05, 4.69) is 0 Å². The second-order valence-electron chi connectivity index (χ2n) is 12.1. The molecule has 210 valence electrons. The molecule has 0 saturated heterocycles. The molecule has 0 unspecified atom stereocenters. The zero-order valence-corrected chi connectivity index (χ0v) is 22.9. The molecule has 0 heterocycles. The molecule has 0 radical (unpaired) electrons. The number of esters is 1. The van der Waals surface area contributed by atoms with Gasteiger partial charge in [-0.05, 0) is 80.2 Å². The van der Waals surface area contributed by atoms with E-state index in [1.165, 1.54) is 24.3 Å². The van der Waals surface area contributed by atoms with Crippen LogP contribution in [0.5, 0.6) is 0 Å². The molecular weight excluding hydrogens is 527 g/mol. The van der Waals surface area contributed by atoms with Gasteiger partial charge in [0.25, 0.3) is 10.1 Å². The number of fused-ring (bicyclic) bond motifs is 5. The lowest BCUT2D eigenvalue weighted by molar-refractivity contribution is -0.196. The number of benzene rings is 1. The van der Waals surface area contributed by atoms with E-state index in [0.29, 0.717) is 24.8 Å². The van der Waals surface area contributed by atoms with Gasteiger partial charge in [-0.3, -0.25) is 14.1 Å². The summed E-state index contributed by atoms with van der Waals surface area (Å²) >= 11 is 0. The maximum absolute atomic E-state index is 17.2. The van der Waals surface area contributed by atoms with E-state index in [1.54, 1.807) is 13.0 Å². The van der Waals surface area contributed by atoms with E-state index in [9.17, 15) is 32.5 Å². The molecule has 0 spiro atoms. The van der Waals surface area contributed by atoms with Gasteiger partial charge < -0.3 is 9.84 Å². The van der Waals surface area contributed by atoms with Crippen molar-refractivity contribution in [3.8, 4) is 0 Å². The van der Waals surface area contributed by atoms with E-state index in [4.69, 9.17) is 4.74 Å². The monoisotopic (exact) mass is 560 g/mol. The lowest BCUT2D eigenvalue weighted by atomic mass is 9.45. The van der Waals surface area contributed by atoms with Crippen molar-refractivity contribution < 1.29 is 41.6 Å². The van der Waals surface area contributed by atoms with Gasteiger partial charge in [0, 0.05) is 17.3 Å². The second kappa shape index (κ2) is 9.17. The lowest BCUT2D eigenvalue weighted by Gasteiger charge is -2.61. The predicted octanol–water partition coefficient (Wildman–Crippen LogP) is 3.89. The average Bonchev–Trinajstić information content (AvgIpc) is 3.12. The van der Waals surface area contributed by atoms with Crippen LogP contribution in [-0.2, 0) is 24.4 Å². The van der Waals surface area contributed by atoms with Gasteiger partial charge >= 0.3 is 5.97 Å². The van der Waals surface area contributed by atoms with Crippen molar-refractivity contribution in [2.45, 2.75) is 63.1 Å². The molecule has 10 heteroatoms. The average molecular weight is 561 g/mol. The third kappa shape index (κ3) is 4.14. The van der Waals surface area contributed by atoms with Crippen LogP contribution in [0.2, 0.25) is 0 Å². The molecule has 1 aromatic rings. The topological polar surface area (TPSA) is 135 Å². The van der Waals surface area contributed by atoms with Gasteiger partial charge in [0.2, 0.25) is 0 Å². The first-order chi connectivity index (χ1) is 18.1. The number of allylic oxidation sites excluding steroid dienone is 4. The van der Waals surface area contributed by atoms with Crippen molar-refractivity contribution in [1.29, 1.82) is 0 Å². The number of carbonyl (C=O) groups is 3. The summed E-state index contributed by atoms with van der Waals surface area (Å²) in [5.74, 6) is -2.86. The van der Waals surface area contributed by atoms with Crippen molar-refractivity contribution in [2.24, 2.45) is 34.5 Å². The molecule has 39 heavy (non-hydrogen) atoms. The quantitative estimate of drug-likeness (QED) is 0.409. The molecule has 0 aromatic heterocycles. The Morgan fingerprint density at radius 1 is 1.21 bits per heavy atom. The van der Waals surface area contributed by atoms with Gasteiger partial charge in [0.05, 0.1) is 16.6 Å². The molecule has 5 rings (SSSR count). The molecule has 8 atom stereocenters. The Morgan fingerprint density at radius 2 is 1.92 bits per heavy atom. The molecule has 8 nitrogen and oxygen atoms in total. The number of hydrogen-bond donors (Lipinski definition) is 2. The van der Waals surface area contributed by atoms with Crippen molar-refractivity contribution in [2.75, 3.05) is 6.61 Å². The third-order valence-corrected chi connectivity index (χ3v) is 10.9. The smallest absolute Gasteiger partial charge is 0.338 e. The molecular formula is C29H33FO8S. The Morgan fingerprint density at radius 3 is 2.62 bits per heavy atom. The Hall–Kier alpha value is -2.69. The standard InChI is InChI=1S/C29H33FO8S/c1-16-11-22-21-8-7-18-13-19(31)9-10-28(18,3)29(21,30)24(33)14-27(22,2)25(16)23(32)15-38-26(34)17-5-4-6-20(12-17)39(35,36)37/h4-6,9-10,12-13,16,21-22,24-25,33H,7-8,11,14-15H2,1-3H3,(H,35,36,37)/t16-,21+,22+,24+,25-,27+,28+,29+/m1/s1. The van der Waals surface area contributed by atoms with Gasteiger partial charge in [-0.2, -0.15) is 8.42 Å². The van der Waals surface area contributed by atoms with Crippen LogP contribution in [0, 0.1) is 34.5 Å². The van der Waals surface area contributed by atoms with Crippen molar-refractivity contribution >= 4 is 27.7 Å². The van der Waals surface area contributed by atoms with Gasteiger partial charge in [-0.25, -0.2) is 9.18 Å². The number of Topliss-reactive ketones (excluding diaryl/α,β-unsaturated/α-hetero) is 1. The Balaban J connectivity index is 1.37. The molecule has 2 N–H and O–H groups in total. The molecule has 0 amide bonds. The fourth-order valence-electron chi connectivity index (χ4n) is 8.36. The Kier molecular flexibility index (Phi) is 6.55. The van der Waals surface area contributed by atoms with Crippen molar-refractivity contribution in [3.05, 3.63) is 53.6 Å². The molecule has 0 aliphatic heterocycles. The maximum Gasteiger partial charge on any atom is 0.338 e. The van der Waals surface area contributed by atoms with Crippen LogP contribution in [0.1, 0.15) is 56.8 Å². The van der Waals surface area contributed by atoms with E-state index < -0.39 is 62.0 Å². The van der Waals surface area contributed by atoms with E-state index >= 15 is 4.39 Å². The minimum absolute atomic E-state index is 0.0560. The first-order valence-corrected chi connectivity index (χ1v) is 14.7. The fourth-order valence-corrected chi connectivity index (χ4v) is 8.88. The first kappa shape index (κ1) is 27.9. The van der Waals surface area contributed by atoms with Crippen LogP contribution in [0.4, 0.5) is 4.39 Å². The summed E-state index contributed by atoms with van der Waals surface area (Å²) in [6.45, 7) is 5.03. The van der Waals surface area contributed by atoms with Gasteiger partial charge in [0.1, 0.15) is 0 Å². The fraction of sp³-hybridized carbons (Fsp3) is 0.552. The van der Waals surface area contributed by atoms with Crippen LogP contribution in [-0.4, -0.2) is 54.0 Å². The van der Waals surface area contributed by atoms with Gasteiger partial charge in [0.15, 0.2) is 23.8 Å². The number of halogens is 1. The molecule has 1 aromatic carbocycles. The Bertz CT molecular complexity index is 1420. The molecule has 0 bridgehead atoms. The maximum atomic E-state index is 17.2.